The molecule has 7 nitrogen and oxygen atoms in total. The lowest BCUT2D eigenvalue weighted by Crippen LogP contribution is -2.53. The maximum Gasteiger partial charge on any atom is 0.264 e. The summed E-state index contributed by atoms with van der Waals surface area (Å²) in [6.45, 7) is 7.21. The normalized spacial score (nSPS) is 12.8. The quantitative estimate of drug-likeness (QED) is 0.238. The Kier molecular flexibility index (Phi) is 11.6. The number of hydrogen-bond donors (Lipinski definition) is 1. The van der Waals surface area contributed by atoms with Gasteiger partial charge in [0.25, 0.3) is 10.0 Å². The predicted octanol–water partition coefficient (Wildman–Crippen LogP) is 6.47. The average molecular weight is 619 g/mol. The highest BCUT2D eigenvalue weighted by Gasteiger charge is 2.34. The molecule has 220 valence electrons. The number of halogens is 2. The van der Waals surface area contributed by atoms with E-state index in [9.17, 15) is 18.0 Å². The van der Waals surface area contributed by atoms with Crippen LogP contribution in [0.3, 0.4) is 0 Å². The summed E-state index contributed by atoms with van der Waals surface area (Å²) in [5.41, 5.74) is 2.05. The van der Waals surface area contributed by atoms with E-state index < -0.39 is 28.5 Å². The molecule has 0 aromatic heterocycles. The summed E-state index contributed by atoms with van der Waals surface area (Å²) in [4.78, 5) is 29.0. The van der Waals surface area contributed by atoms with Gasteiger partial charge >= 0.3 is 0 Å². The van der Waals surface area contributed by atoms with Crippen molar-refractivity contribution in [1.29, 1.82) is 0 Å². The Hall–Kier alpha value is -3.07. The minimum absolute atomic E-state index is 0.0378. The van der Waals surface area contributed by atoms with E-state index in [0.29, 0.717) is 27.7 Å². The number of hydrogen-bond acceptors (Lipinski definition) is 4. The fourth-order valence-corrected chi connectivity index (χ4v) is 6.10. The number of carbonyl (C=O) groups excluding carboxylic acids is 2. The molecule has 41 heavy (non-hydrogen) atoms. The zero-order valence-corrected chi connectivity index (χ0v) is 26.1. The number of nitrogens with zero attached hydrogens (tertiary/aromatic N) is 2. The smallest absolute Gasteiger partial charge is 0.264 e. The Labute approximate surface area is 253 Å². The van der Waals surface area contributed by atoms with Gasteiger partial charge in [-0.25, -0.2) is 8.42 Å². The summed E-state index contributed by atoms with van der Waals surface area (Å²) in [5.74, 6) is -0.832. The van der Waals surface area contributed by atoms with Crippen LogP contribution in [-0.4, -0.2) is 43.8 Å². The summed E-state index contributed by atoms with van der Waals surface area (Å²) in [5, 5.41) is 3.65. The van der Waals surface area contributed by atoms with Gasteiger partial charge in [0.1, 0.15) is 12.6 Å². The van der Waals surface area contributed by atoms with Crippen molar-refractivity contribution in [2.24, 2.45) is 0 Å². The van der Waals surface area contributed by atoms with Crippen LogP contribution in [0.5, 0.6) is 0 Å². The molecule has 0 saturated heterocycles. The SMILES string of the molecule is CCc1ccc(N(CC(=O)N(Cc2ccc(Cl)c(Cl)c2)[C@H](CC)C(=O)N[C@@H](C)CC)S(=O)(=O)c2ccccc2)cc1. The largest absolute Gasteiger partial charge is 0.352 e. The molecular formula is C31H37Cl2N3O4S. The first kappa shape index (κ1) is 32.4. The molecule has 0 bridgehead atoms. The van der Waals surface area contributed by atoms with E-state index in [1.807, 2.05) is 39.8 Å². The van der Waals surface area contributed by atoms with Crippen LogP contribution in [0.15, 0.2) is 77.7 Å². The zero-order valence-electron chi connectivity index (χ0n) is 23.8. The van der Waals surface area contributed by atoms with Crippen molar-refractivity contribution in [2.75, 3.05) is 10.8 Å². The first-order chi connectivity index (χ1) is 19.5. The molecule has 10 heteroatoms. The predicted molar refractivity (Wildman–Crippen MR) is 166 cm³/mol. The van der Waals surface area contributed by atoms with Crippen molar-refractivity contribution in [1.82, 2.24) is 10.2 Å². The van der Waals surface area contributed by atoms with Crippen molar-refractivity contribution in [3.63, 3.8) is 0 Å². The second-order valence-electron chi connectivity index (χ2n) is 9.86. The van der Waals surface area contributed by atoms with Crippen molar-refractivity contribution in [3.05, 3.63) is 94.0 Å². The van der Waals surface area contributed by atoms with Crippen LogP contribution in [0, 0.1) is 0 Å². The van der Waals surface area contributed by atoms with Gasteiger partial charge in [-0.2, -0.15) is 0 Å². The molecule has 3 rings (SSSR count). The minimum atomic E-state index is -4.12. The number of carbonyl (C=O) groups is 2. The second kappa shape index (κ2) is 14.7. The molecule has 0 heterocycles. The van der Waals surface area contributed by atoms with E-state index in [1.165, 1.54) is 17.0 Å². The molecule has 0 spiro atoms. The van der Waals surface area contributed by atoms with Crippen LogP contribution in [0.1, 0.15) is 51.7 Å². The molecule has 3 aromatic rings. The van der Waals surface area contributed by atoms with Crippen molar-refractivity contribution in [3.8, 4) is 0 Å². The maximum absolute atomic E-state index is 14.1. The van der Waals surface area contributed by atoms with Gasteiger partial charge < -0.3 is 10.2 Å². The molecule has 0 aliphatic rings. The minimum Gasteiger partial charge on any atom is -0.352 e. The maximum atomic E-state index is 14.1. The lowest BCUT2D eigenvalue weighted by atomic mass is 10.1. The van der Waals surface area contributed by atoms with Gasteiger partial charge in [0.15, 0.2) is 0 Å². The van der Waals surface area contributed by atoms with E-state index in [2.05, 4.69) is 5.32 Å². The molecule has 0 aliphatic heterocycles. The highest BCUT2D eigenvalue weighted by molar-refractivity contribution is 7.92. The standard InChI is InChI=1S/C31H37Cl2N3O4S/c1-5-22(4)34-31(38)29(7-3)35(20-24-15-18-27(32)28(33)19-24)30(37)21-36(25-16-13-23(6-2)14-17-25)41(39,40)26-11-9-8-10-12-26/h8-19,22,29H,5-7,20-21H2,1-4H3,(H,34,38)/t22-,29+/m0/s1. The van der Waals surface area contributed by atoms with Gasteiger partial charge in [0.2, 0.25) is 11.8 Å². The Balaban J connectivity index is 2.06. The molecule has 0 radical (unpaired) electrons. The highest BCUT2D eigenvalue weighted by atomic mass is 35.5. The van der Waals surface area contributed by atoms with Crippen LogP contribution in [0.2, 0.25) is 10.0 Å². The van der Waals surface area contributed by atoms with Crippen molar-refractivity contribution < 1.29 is 18.0 Å². The van der Waals surface area contributed by atoms with Crippen LogP contribution >= 0.6 is 23.2 Å². The topological polar surface area (TPSA) is 86.8 Å². The number of sulfonamides is 1. The van der Waals surface area contributed by atoms with Gasteiger partial charge in [0, 0.05) is 12.6 Å². The third-order valence-electron chi connectivity index (χ3n) is 6.97. The van der Waals surface area contributed by atoms with Crippen LogP contribution < -0.4 is 9.62 Å². The van der Waals surface area contributed by atoms with Gasteiger partial charge in [-0.15, -0.1) is 0 Å². The van der Waals surface area contributed by atoms with Crippen LogP contribution in [0.4, 0.5) is 5.69 Å². The Bertz CT molecular complexity index is 1430. The molecule has 0 saturated carbocycles. The third-order valence-corrected chi connectivity index (χ3v) is 9.49. The number of rotatable bonds is 13. The van der Waals surface area contributed by atoms with Crippen molar-refractivity contribution >= 4 is 50.7 Å². The molecule has 2 atom stereocenters. The molecule has 0 unspecified atom stereocenters. The number of nitrogens with one attached hydrogen (secondary N) is 1. The van der Waals surface area contributed by atoms with Crippen LogP contribution in [-0.2, 0) is 32.6 Å². The van der Waals surface area contributed by atoms with Crippen molar-refractivity contribution in [2.45, 2.75) is 70.5 Å². The first-order valence-electron chi connectivity index (χ1n) is 13.7. The van der Waals surface area contributed by atoms with Gasteiger partial charge in [-0.05, 0) is 73.7 Å². The second-order valence-corrected chi connectivity index (χ2v) is 12.5. The third kappa shape index (κ3) is 8.24. The highest BCUT2D eigenvalue weighted by Crippen LogP contribution is 2.27. The molecule has 1 N–H and O–H groups in total. The average Bonchev–Trinajstić information content (AvgIpc) is 2.97. The number of benzene rings is 3. The van der Waals surface area contributed by atoms with E-state index in [-0.39, 0.29) is 23.4 Å². The van der Waals surface area contributed by atoms with E-state index in [4.69, 9.17) is 23.2 Å². The van der Waals surface area contributed by atoms with Crippen LogP contribution in [0.25, 0.3) is 0 Å². The number of anilines is 1. The molecule has 2 amide bonds. The fourth-order valence-electron chi connectivity index (χ4n) is 4.34. The fraction of sp³-hybridized carbons (Fsp3) is 0.355. The molecule has 0 fully saturated rings. The van der Waals surface area contributed by atoms with Gasteiger partial charge in [-0.1, -0.05) is 80.4 Å². The lowest BCUT2D eigenvalue weighted by Gasteiger charge is -2.33. The summed E-state index contributed by atoms with van der Waals surface area (Å²) < 4.78 is 28.9. The zero-order chi connectivity index (χ0) is 30.2. The summed E-state index contributed by atoms with van der Waals surface area (Å²) in [6, 6.07) is 19.1. The lowest BCUT2D eigenvalue weighted by molar-refractivity contribution is -0.140. The molecule has 3 aromatic carbocycles. The summed E-state index contributed by atoms with van der Waals surface area (Å²) in [6.07, 6.45) is 1.83. The van der Waals surface area contributed by atoms with E-state index >= 15 is 0 Å². The van der Waals surface area contributed by atoms with Gasteiger partial charge in [-0.3, -0.25) is 13.9 Å². The first-order valence-corrected chi connectivity index (χ1v) is 15.9. The Morgan fingerprint density at radius 2 is 1.49 bits per heavy atom. The summed E-state index contributed by atoms with van der Waals surface area (Å²) >= 11 is 12.4. The summed E-state index contributed by atoms with van der Waals surface area (Å²) in [7, 11) is -4.12. The molecule has 0 aliphatic carbocycles. The Morgan fingerprint density at radius 3 is 2.05 bits per heavy atom. The number of amides is 2. The van der Waals surface area contributed by atoms with Gasteiger partial charge in [0.05, 0.1) is 20.6 Å². The molecular weight excluding hydrogens is 581 g/mol. The van der Waals surface area contributed by atoms with E-state index in [0.717, 1.165) is 22.7 Å². The van der Waals surface area contributed by atoms with E-state index in [1.54, 1.807) is 48.5 Å². The monoisotopic (exact) mass is 617 g/mol. The number of aryl methyl sites for hydroxylation is 1. The Morgan fingerprint density at radius 1 is 0.854 bits per heavy atom.